The Morgan fingerprint density at radius 3 is 1.24 bits per heavy atom. The average Bonchev–Trinajstić information content (AvgIpc) is 2.54. The van der Waals surface area contributed by atoms with Gasteiger partial charge in [-0.05, 0) is 51.2 Å². The van der Waals surface area contributed by atoms with Crippen LogP contribution in [0.4, 0.5) is 0 Å². The van der Waals surface area contributed by atoms with Gasteiger partial charge in [0.15, 0.2) is 0 Å². The van der Waals surface area contributed by atoms with Crippen LogP contribution in [0.1, 0.15) is 37.2 Å². The lowest BCUT2D eigenvalue weighted by atomic mass is 10.1. The van der Waals surface area contributed by atoms with Crippen molar-refractivity contribution >= 4 is 17.1 Å². The minimum atomic E-state index is -2.32. The highest BCUT2D eigenvalue weighted by Gasteiger charge is 2.38. The Kier molecular flexibility index (Phi) is 6.76. The van der Waals surface area contributed by atoms with Gasteiger partial charge in [-0.3, -0.25) is 0 Å². The monoisotopic (exact) mass is 374 g/mol. The van der Waals surface area contributed by atoms with Gasteiger partial charge >= 0.3 is 17.1 Å². The van der Waals surface area contributed by atoms with Crippen LogP contribution in [-0.2, 0) is 13.0 Å². The molecule has 2 aromatic carbocycles. The molecule has 2 atom stereocenters. The van der Waals surface area contributed by atoms with Crippen molar-refractivity contribution in [3.63, 3.8) is 0 Å². The lowest BCUT2D eigenvalue weighted by Gasteiger charge is -2.36. The maximum absolute atomic E-state index is 6.44. The summed E-state index contributed by atoms with van der Waals surface area (Å²) in [6.45, 7) is 12.5. The van der Waals surface area contributed by atoms with Gasteiger partial charge in [-0.2, -0.15) is 0 Å². The summed E-state index contributed by atoms with van der Waals surface area (Å²) in [4.78, 5) is 0. The van der Waals surface area contributed by atoms with Crippen LogP contribution in [0, 0.1) is 0 Å². The molecule has 0 fully saturated rings. The molecule has 0 saturated carbocycles. The van der Waals surface area contributed by atoms with Gasteiger partial charge in [-0.25, -0.2) is 0 Å². The number of hydrogen-bond donors (Lipinski definition) is 0. The third kappa shape index (κ3) is 6.53. The van der Waals surface area contributed by atoms with E-state index in [1.807, 2.05) is 36.4 Å². The van der Waals surface area contributed by atoms with Gasteiger partial charge < -0.3 is 13.0 Å². The van der Waals surface area contributed by atoms with Crippen LogP contribution in [0.5, 0.6) is 0 Å². The van der Waals surface area contributed by atoms with Crippen molar-refractivity contribution < 1.29 is 13.0 Å². The molecule has 136 valence electrons. The summed E-state index contributed by atoms with van der Waals surface area (Å²) in [6, 6.07) is 20.5. The van der Waals surface area contributed by atoms with Gasteiger partial charge in [0.25, 0.3) is 0 Å². The summed E-state index contributed by atoms with van der Waals surface area (Å²) >= 11 is 0. The van der Waals surface area contributed by atoms with Crippen LogP contribution in [0.15, 0.2) is 60.7 Å². The molecule has 2 aromatic rings. The van der Waals surface area contributed by atoms with Crippen molar-refractivity contribution in [3.05, 3.63) is 71.8 Å². The zero-order valence-corrected chi connectivity index (χ0v) is 18.2. The Hall–Kier alpha value is -1.25. The van der Waals surface area contributed by atoms with Gasteiger partial charge in [-0.15, -0.1) is 0 Å². The van der Waals surface area contributed by atoms with E-state index in [0.717, 1.165) is 0 Å². The molecule has 0 aliphatic heterocycles. The van der Waals surface area contributed by atoms with Crippen LogP contribution in [0.25, 0.3) is 0 Å². The number of benzene rings is 2. The third-order valence-electron chi connectivity index (χ3n) is 3.95. The molecule has 0 spiro atoms. The van der Waals surface area contributed by atoms with E-state index in [4.69, 9.17) is 13.0 Å². The van der Waals surface area contributed by atoms with Crippen molar-refractivity contribution in [2.75, 3.05) is 0 Å². The highest BCUT2D eigenvalue weighted by Crippen LogP contribution is 2.28. The Labute approximate surface area is 154 Å². The average molecular weight is 375 g/mol. The molecule has 0 N–H and O–H groups in total. The van der Waals surface area contributed by atoms with E-state index in [0.29, 0.717) is 0 Å². The zero-order valence-electron chi connectivity index (χ0n) is 16.2. The lowest BCUT2D eigenvalue weighted by Crippen LogP contribution is -2.49. The summed E-state index contributed by atoms with van der Waals surface area (Å²) in [5.74, 6) is 0. The largest absolute Gasteiger partial charge is 0.415 e. The fourth-order valence-corrected chi connectivity index (χ4v) is 10.2. The second-order valence-corrected chi connectivity index (χ2v) is 14.1. The van der Waals surface area contributed by atoms with Gasteiger partial charge in [-0.1, -0.05) is 60.7 Å². The molecule has 0 saturated heterocycles. The predicted octanol–water partition coefficient (Wildman–Crippen LogP) is 5.96. The fourth-order valence-electron chi connectivity index (χ4n) is 3.08. The molecule has 2 rings (SSSR count). The minimum Gasteiger partial charge on any atom is -0.415 e. The molecule has 0 aromatic heterocycles. The van der Waals surface area contributed by atoms with E-state index in [2.05, 4.69) is 64.3 Å². The van der Waals surface area contributed by atoms with Crippen LogP contribution < -0.4 is 0 Å². The van der Waals surface area contributed by atoms with Crippen molar-refractivity contribution in [2.24, 2.45) is 0 Å². The summed E-state index contributed by atoms with van der Waals surface area (Å²) in [5, 5.41) is 0. The molecule has 0 aliphatic rings. The van der Waals surface area contributed by atoms with Gasteiger partial charge in [0.1, 0.15) is 0 Å². The van der Waals surface area contributed by atoms with E-state index in [1.54, 1.807) is 0 Å². The summed E-state index contributed by atoms with van der Waals surface area (Å²) in [7, 11) is -4.63. The quantitative estimate of drug-likeness (QED) is 0.533. The topological polar surface area (TPSA) is 27.7 Å². The summed E-state index contributed by atoms with van der Waals surface area (Å²) < 4.78 is 19.1. The number of hydrogen-bond acceptors (Lipinski definition) is 3. The van der Waals surface area contributed by atoms with Gasteiger partial charge in [0.2, 0.25) is 0 Å². The predicted molar refractivity (Wildman–Crippen MR) is 108 cm³/mol. The summed E-state index contributed by atoms with van der Waals surface area (Å²) in [6.07, 6.45) is 0.0263. The zero-order chi connectivity index (χ0) is 18.5. The van der Waals surface area contributed by atoms with E-state index in [1.165, 1.54) is 11.1 Å². The first-order valence-corrected chi connectivity index (χ1v) is 14.5. The van der Waals surface area contributed by atoms with Gasteiger partial charge in [0, 0.05) is 0 Å². The molecule has 2 unspecified atom stereocenters. The van der Waals surface area contributed by atoms with Crippen LogP contribution in [0.2, 0.25) is 26.2 Å². The standard InChI is InChI=1S/C20H30O3Si2/c1-17(19-13-9-7-10-14-19)21-24(3,4)23-25(5,6)22-18(2)20-15-11-8-12-16-20/h7-18H,1-6H3. The Morgan fingerprint density at radius 2 is 0.920 bits per heavy atom. The molecular weight excluding hydrogens is 344 g/mol. The van der Waals surface area contributed by atoms with E-state index >= 15 is 0 Å². The van der Waals surface area contributed by atoms with Crippen molar-refractivity contribution in [1.29, 1.82) is 0 Å². The molecule has 0 bridgehead atoms. The minimum absolute atomic E-state index is 0.0132. The molecular formula is C20H30O3Si2. The smallest absolute Gasteiger partial charge is 0.323 e. The van der Waals surface area contributed by atoms with Crippen LogP contribution >= 0.6 is 0 Å². The first-order valence-electron chi connectivity index (χ1n) is 8.84. The number of rotatable bonds is 8. The van der Waals surface area contributed by atoms with Crippen molar-refractivity contribution in [2.45, 2.75) is 52.2 Å². The second-order valence-electron chi connectivity index (χ2n) is 7.24. The second kappa shape index (κ2) is 8.42. The lowest BCUT2D eigenvalue weighted by molar-refractivity contribution is 0.132. The highest BCUT2D eigenvalue weighted by molar-refractivity contribution is 6.78. The Bertz CT molecular complexity index is 587. The van der Waals surface area contributed by atoms with Crippen LogP contribution in [0.3, 0.4) is 0 Å². The molecule has 3 nitrogen and oxygen atoms in total. The molecule has 0 amide bonds. The maximum Gasteiger partial charge on any atom is 0.323 e. The maximum atomic E-state index is 6.44. The highest BCUT2D eigenvalue weighted by atomic mass is 28.5. The van der Waals surface area contributed by atoms with Crippen molar-refractivity contribution in [3.8, 4) is 0 Å². The molecule has 0 radical (unpaired) electrons. The fraction of sp³-hybridized carbons (Fsp3) is 0.400. The third-order valence-corrected chi connectivity index (χ3v) is 9.73. The van der Waals surface area contributed by atoms with E-state index in [-0.39, 0.29) is 12.2 Å². The molecule has 5 heteroatoms. The normalized spacial score (nSPS) is 15.0. The molecule has 25 heavy (non-hydrogen) atoms. The van der Waals surface area contributed by atoms with Crippen LogP contribution in [-0.4, -0.2) is 17.1 Å². The summed E-state index contributed by atoms with van der Waals surface area (Å²) in [5.41, 5.74) is 2.34. The SMILES string of the molecule is CC(O[Si](C)(C)O[Si](C)(C)OC(C)c1ccccc1)c1ccccc1. The molecule has 0 aliphatic carbocycles. The van der Waals surface area contributed by atoms with E-state index < -0.39 is 17.1 Å². The van der Waals surface area contributed by atoms with Crippen molar-refractivity contribution in [1.82, 2.24) is 0 Å². The Morgan fingerprint density at radius 1 is 0.600 bits per heavy atom. The first kappa shape index (κ1) is 20.1. The molecule has 0 heterocycles. The van der Waals surface area contributed by atoms with E-state index in [9.17, 15) is 0 Å². The van der Waals surface area contributed by atoms with Gasteiger partial charge in [0.05, 0.1) is 12.2 Å². The Balaban J connectivity index is 1.97. The first-order chi connectivity index (χ1) is 11.7.